The molecule has 0 N–H and O–H groups in total. The van der Waals surface area contributed by atoms with Gasteiger partial charge >= 0.3 is 0 Å². The average Bonchev–Trinajstić information content (AvgIpc) is 2.95. The molecule has 1 aliphatic rings. The molecule has 5 heteroatoms. The van der Waals surface area contributed by atoms with Crippen LogP contribution in [-0.4, -0.2) is 45.4 Å². The van der Waals surface area contributed by atoms with Gasteiger partial charge in [0.05, 0.1) is 23.1 Å². The first kappa shape index (κ1) is 16.0. The molecule has 1 fully saturated rings. The Hall–Kier alpha value is -1.85. The minimum atomic E-state index is 0.354. The molecule has 1 aliphatic heterocycles. The van der Waals surface area contributed by atoms with Crippen molar-refractivity contribution in [1.29, 1.82) is 0 Å². The normalized spacial score (nSPS) is 18.7. The molecule has 1 atom stereocenters. The molecular weight excluding hydrogens is 286 g/mol. The van der Waals surface area contributed by atoms with Gasteiger partial charge in [0.15, 0.2) is 0 Å². The van der Waals surface area contributed by atoms with E-state index in [-0.39, 0.29) is 0 Å². The summed E-state index contributed by atoms with van der Waals surface area (Å²) in [6.07, 6.45) is 6.14. The van der Waals surface area contributed by atoms with Crippen molar-refractivity contribution in [3.05, 3.63) is 53.4 Å². The van der Waals surface area contributed by atoms with Gasteiger partial charge in [-0.05, 0) is 52.5 Å². The standard InChI is InChI=1S/C18H25N5/c1-14-6-4-7-15(20-14)13-23-9-5-8-18(23)17-11-19-10-16(21-17)12-22(2)3/h4,6-7,10-11,18H,5,8-9,12-13H2,1-3H3/t18-/m1/s1. The summed E-state index contributed by atoms with van der Waals surface area (Å²) in [5.74, 6) is 0. The predicted molar refractivity (Wildman–Crippen MR) is 90.8 cm³/mol. The summed E-state index contributed by atoms with van der Waals surface area (Å²) >= 11 is 0. The van der Waals surface area contributed by atoms with Crippen molar-refractivity contribution >= 4 is 0 Å². The fourth-order valence-corrected chi connectivity index (χ4v) is 3.23. The third kappa shape index (κ3) is 4.12. The highest BCUT2D eigenvalue weighted by Crippen LogP contribution is 2.31. The molecule has 3 rings (SSSR count). The molecule has 1 saturated heterocycles. The molecule has 5 nitrogen and oxygen atoms in total. The molecular formula is C18H25N5. The summed E-state index contributed by atoms with van der Waals surface area (Å²) in [5, 5.41) is 0. The van der Waals surface area contributed by atoms with E-state index >= 15 is 0 Å². The van der Waals surface area contributed by atoms with Gasteiger partial charge in [-0.2, -0.15) is 0 Å². The quantitative estimate of drug-likeness (QED) is 0.849. The molecule has 0 bridgehead atoms. The lowest BCUT2D eigenvalue weighted by molar-refractivity contribution is 0.240. The van der Waals surface area contributed by atoms with Crippen LogP contribution < -0.4 is 0 Å². The van der Waals surface area contributed by atoms with Crippen molar-refractivity contribution in [1.82, 2.24) is 24.8 Å². The van der Waals surface area contributed by atoms with Crippen molar-refractivity contribution in [2.45, 2.75) is 38.9 Å². The summed E-state index contributed by atoms with van der Waals surface area (Å²) in [5.41, 5.74) is 4.34. The molecule has 0 spiro atoms. The van der Waals surface area contributed by atoms with Crippen LogP contribution in [0.2, 0.25) is 0 Å². The zero-order valence-corrected chi connectivity index (χ0v) is 14.2. The first-order chi connectivity index (χ1) is 11.1. The molecule has 0 radical (unpaired) electrons. The maximum Gasteiger partial charge on any atom is 0.0762 e. The Morgan fingerprint density at radius 1 is 1.17 bits per heavy atom. The first-order valence-corrected chi connectivity index (χ1v) is 8.24. The molecule has 0 aliphatic carbocycles. The monoisotopic (exact) mass is 311 g/mol. The van der Waals surface area contributed by atoms with Gasteiger partial charge in [0.1, 0.15) is 0 Å². The molecule has 3 heterocycles. The predicted octanol–water partition coefficient (Wildman–Crippen LogP) is 2.58. The van der Waals surface area contributed by atoms with Crippen LogP contribution in [0, 0.1) is 6.92 Å². The molecule has 122 valence electrons. The second-order valence-corrected chi connectivity index (χ2v) is 6.57. The summed E-state index contributed by atoms with van der Waals surface area (Å²) < 4.78 is 0. The van der Waals surface area contributed by atoms with Crippen LogP contribution in [-0.2, 0) is 13.1 Å². The Morgan fingerprint density at radius 3 is 2.83 bits per heavy atom. The fraction of sp³-hybridized carbons (Fsp3) is 0.500. The maximum absolute atomic E-state index is 4.84. The minimum Gasteiger partial charge on any atom is -0.304 e. The fourth-order valence-electron chi connectivity index (χ4n) is 3.23. The topological polar surface area (TPSA) is 45.2 Å². The van der Waals surface area contributed by atoms with Crippen LogP contribution in [0.3, 0.4) is 0 Å². The Morgan fingerprint density at radius 2 is 2.04 bits per heavy atom. The van der Waals surface area contributed by atoms with Crippen LogP contribution in [0.4, 0.5) is 0 Å². The summed E-state index contributed by atoms with van der Waals surface area (Å²) in [4.78, 5) is 18.5. The largest absolute Gasteiger partial charge is 0.304 e. The number of nitrogens with zero attached hydrogens (tertiary/aromatic N) is 5. The van der Waals surface area contributed by atoms with E-state index in [0.717, 1.165) is 48.8 Å². The van der Waals surface area contributed by atoms with Gasteiger partial charge in [0.25, 0.3) is 0 Å². The van der Waals surface area contributed by atoms with Crippen molar-refractivity contribution < 1.29 is 0 Å². The molecule has 0 unspecified atom stereocenters. The average molecular weight is 311 g/mol. The number of hydrogen-bond acceptors (Lipinski definition) is 5. The van der Waals surface area contributed by atoms with Gasteiger partial charge < -0.3 is 4.90 Å². The Kier molecular flexibility index (Phi) is 4.98. The SMILES string of the molecule is Cc1cccc(CN2CCC[C@@H]2c2cncc(CN(C)C)n2)n1. The van der Waals surface area contributed by atoms with E-state index in [0.29, 0.717) is 6.04 Å². The zero-order valence-electron chi connectivity index (χ0n) is 14.2. The van der Waals surface area contributed by atoms with E-state index in [2.05, 4.69) is 46.0 Å². The lowest BCUT2D eigenvalue weighted by Crippen LogP contribution is -2.24. The third-order valence-corrected chi connectivity index (χ3v) is 4.20. The van der Waals surface area contributed by atoms with Gasteiger partial charge in [-0.15, -0.1) is 0 Å². The second-order valence-electron chi connectivity index (χ2n) is 6.57. The molecule has 0 saturated carbocycles. The molecule has 23 heavy (non-hydrogen) atoms. The number of aryl methyl sites for hydroxylation is 1. The highest BCUT2D eigenvalue weighted by atomic mass is 15.2. The maximum atomic E-state index is 4.84. The lowest BCUT2D eigenvalue weighted by atomic mass is 10.1. The van der Waals surface area contributed by atoms with Gasteiger partial charge in [0, 0.05) is 31.2 Å². The third-order valence-electron chi connectivity index (χ3n) is 4.20. The molecule has 0 amide bonds. The van der Waals surface area contributed by atoms with E-state index in [4.69, 9.17) is 4.98 Å². The first-order valence-electron chi connectivity index (χ1n) is 8.24. The lowest BCUT2D eigenvalue weighted by Gasteiger charge is -2.24. The zero-order chi connectivity index (χ0) is 16.2. The molecule has 2 aromatic heterocycles. The highest BCUT2D eigenvalue weighted by Gasteiger charge is 2.27. The van der Waals surface area contributed by atoms with Gasteiger partial charge in [-0.1, -0.05) is 6.07 Å². The summed E-state index contributed by atoms with van der Waals surface area (Å²) in [6.45, 7) is 4.85. The van der Waals surface area contributed by atoms with Gasteiger partial charge in [0.2, 0.25) is 0 Å². The van der Waals surface area contributed by atoms with Gasteiger partial charge in [-0.25, -0.2) is 0 Å². The summed E-state index contributed by atoms with van der Waals surface area (Å²) in [7, 11) is 4.11. The number of aromatic nitrogens is 3. The van der Waals surface area contributed by atoms with Crippen LogP contribution in [0.25, 0.3) is 0 Å². The Balaban J connectivity index is 1.76. The van der Waals surface area contributed by atoms with Crippen LogP contribution in [0.15, 0.2) is 30.6 Å². The Bertz CT molecular complexity index is 655. The van der Waals surface area contributed by atoms with Gasteiger partial charge in [-0.3, -0.25) is 19.9 Å². The molecule has 0 aromatic carbocycles. The second kappa shape index (κ2) is 7.15. The molecule has 2 aromatic rings. The van der Waals surface area contributed by atoms with Crippen molar-refractivity contribution in [2.24, 2.45) is 0 Å². The van der Waals surface area contributed by atoms with E-state index in [1.165, 1.54) is 6.42 Å². The van der Waals surface area contributed by atoms with E-state index < -0.39 is 0 Å². The highest BCUT2D eigenvalue weighted by molar-refractivity contribution is 5.13. The van der Waals surface area contributed by atoms with Crippen molar-refractivity contribution in [2.75, 3.05) is 20.6 Å². The number of hydrogen-bond donors (Lipinski definition) is 0. The number of likely N-dealkylation sites (tertiary alicyclic amines) is 1. The van der Waals surface area contributed by atoms with Crippen molar-refractivity contribution in [3.63, 3.8) is 0 Å². The van der Waals surface area contributed by atoms with Crippen LogP contribution >= 0.6 is 0 Å². The van der Waals surface area contributed by atoms with Crippen molar-refractivity contribution in [3.8, 4) is 0 Å². The number of rotatable bonds is 5. The number of pyridine rings is 1. The van der Waals surface area contributed by atoms with E-state index in [9.17, 15) is 0 Å². The Labute approximate surface area is 138 Å². The summed E-state index contributed by atoms with van der Waals surface area (Å²) in [6, 6.07) is 6.59. The van der Waals surface area contributed by atoms with Crippen LogP contribution in [0.5, 0.6) is 0 Å². The van der Waals surface area contributed by atoms with E-state index in [1.54, 1.807) is 0 Å². The van der Waals surface area contributed by atoms with E-state index in [1.807, 2.05) is 25.4 Å². The minimum absolute atomic E-state index is 0.354. The van der Waals surface area contributed by atoms with Crippen LogP contribution in [0.1, 0.15) is 41.7 Å². The smallest absolute Gasteiger partial charge is 0.0762 e.